The van der Waals surface area contributed by atoms with Gasteiger partial charge in [-0.25, -0.2) is 0 Å². The highest BCUT2D eigenvalue weighted by molar-refractivity contribution is 7.17. The standard InChI is InChI=1S/C8H13N3OS.ClH/c1-10-7-3-2-6(13-7)8(12)11-5-4-9;/h2-3,10H,4-5,9H2,1H3,(H,11,12);1H. The van der Waals surface area contributed by atoms with Gasteiger partial charge in [-0.15, -0.1) is 23.7 Å². The van der Waals surface area contributed by atoms with Gasteiger partial charge in [0, 0.05) is 20.1 Å². The van der Waals surface area contributed by atoms with Crippen LogP contribution in [0.3, 0.4) is 0 Å². The largest absolute Gasteiger partial charge is 0.380 e. The van der Waals surface area contributed by atoms with Gasteiger partial charge in [-0.1, -0.05) is 0 Å². The predicted molar refractivity (Wildman–Crippen MR) is 62.5 cm³/mol. The number of thiophene rings is 1. The summed E-state index contributed by atoms with van der Waals surface area (Å²) in [5.41, 5.74) is 5.26. The van der Waals surface area contributed by atoms with E-state index in [9.17, 15) is 4.79 Å². The van der Waals surface area contributed by atoms with Crippen molar-refractivity contribution in [3.63, 3.8) is 0 Å². The topological polar surface area (TPSA) is 67.2 Å². The van der Waals surface area contributed by atoms with Gasteiger partial charge in [0.2, 0.25) is 0 Å². The van der Waals surface area contributed by atoms with Gasteiger partial charge >= 0.3 is 0 Å². The first-order valence-corrected chi connectivity index (χ1v) is 4.85. The molecule has 0 aliphatic heterocycles. The maximum absolute atomic E-state index is 11.3. The van der Waals surface area contributed by atoms with E-state index in [0.717, 1.165) is 5.00 Å². The molecule has 6 heteroatoms. The molecule has 80 valence electrons. The van der Waals surface area contributed by atoms with Crippen LogP contribution < -0.4 is 16.4 Å². The molecule has 0 aliphatic carbocycles. The molecule has 0 unspecified atom stereocenters. The summed E-state index contributed by atoms with van der Waals surface area (Å²) in [6, 6.07) is 3.67. The minimum absolute atomic E-state index is 0. The Balaban J connectivity index is 0.00000169. The maximum Gasteiger partial charge on any atom is 0.261 e. The van der Waals surface area contributed by atoms with Crippen molar-refractivity contribution < 1.29 is 4.79 Å². The van der Waals surface area contributed by atoms with Crippen molar-refractivity contribution in [1.29, 1.82) is 0 Å². The smallest absolute Gasteiger partial charge is 0.261 e. The second kappa shape index (κ2) is 6.64. The van der Waals surface area contributed by atoms with Crippen LogP contribution in [0.1, 0.15) is 9.67 Å². The van der Waals surface area contributed by atoms with E-state index >= 15 is 0 Å². The Kier molecular flexibility index (Phi) is 6.27. The number of hydrogen-bond donors (Lipinski definition) is 3. The molecule has 0 aliphatic rings. The zero-order chi connectivity index (χ0) is 9.68. The zero-order valence-corrected chi connectivity index (χ0v) is 9.50. The molecule has 1 aromatic rings. The molecular weight excluding hydrogens is 222 g/mol. The molecule has 0 saturated carbocycles. The van der Waals surface area contributed by atoms with Crippen molar-refractivity contribution in [2.45, 2.75) is 0 Å². The molecule has 0 spiro atoms. The van der Waals surface area contributed by atoms with Crippen molar-refractivity contribution >= 4 is 34.7 Å². The molecule has 14 heavy (non-hydrogen) atoms. The highest BCUT2D eigenvalue weighted by atomic mass is 35.5. The van der Waals surface area contributed by atoms with Crippen LogP contribution in [-0.2, 0) is 0 Å². The third-order valence-corrected chi connectivity index (χ3v) is 2.61. The fraction of sp³-hybridized carbons (Fsp3) is 0.375. The lowest BCUT2D eigenvalue weighted by molar-refractivity contribution is 0.0959. The van der Waals surface area contributed by atoms with Crippen molar-refractivity contribution in [1.82, 2.24) is 5.32 Å². The molecule has 4 N–H and O–H groups in total. The molecule has 0 fully saturated rings. The van der Waals surface area contributed by atoms with E-state index in [0.29, 0.717) is 18.0 Å². The lowest BCUT2D eigenvalue weighted by atomic mass is 10.4. The van der Waals surface area contributed by atoms with E-state index in [1.807, 2.05) is 13.1 Å². The number of carbonyl (C=O) groups is 1. The minimum Gasteiger partial charge on any atom is -0.380 e. The minimum atomic E-state index is -0.0584. The second-order valence-electron chi connectivity index (χ2n) is 2.46. The Morgan fingerprint density at radius 1 is 1.57 bits per heavy atom. The Morgan fingerprint density at radius 2 is 2.29 bits per heavy atom. The molecule has 4 nitrogen and oxygen atoms in total. The van der Waals surface area contributed by atoms with Crippen molar-refractivity contribution in [2.75, 3.05) is 25.5 Å². The molecular formula is C8H14ClN3OS. The Morgan fingerprint density at radius 3 is 2.79 bits per heavy atom. The molecule has 0 atom stereocenters. The molecule has 1 rings (SSSR count). The number of anilines is 1. The SMILES string of the molecule is CNc1ccc(C(=O)NCCN)s1.Cl. The molecule has 0 bridgehead atoms. The van der Waals surface area contributed by atoms with Crippen LogP contribution in [-0.4, -0.2) is 26.0 Å². The van der Waals surface area contributed by atoms with E-state index in [1.165, 1.54) is 11.3 Å². The van der Waals surface area contributed by atoms with Gasteiger partial charge in [-0.2, -0.15) is 0 Å². The highest BCUT2D eigenvalue weighted by Gasteiger charge is 2.06. The molecule has 1 aromatic heterocycles. The highest BCUT2D eigenvalue weighted by Crippen LogP contribution is 2.20. The summed E-state index contributed by atoms with van der Waals surface area (Å²) in [6.07, 6.45) is 0. The third kappa shape index (κ3) is 3.53. The van der Waals surface area contributed by atoms with E-state index in [1.54, 1.807) is 6.07 Å². The van der Waals surface area contributed by atoms with E-state index < -0.39 is 0 Å². The number of rotatable bonds is 4. The van der Waals surface area contributed by atoms with Crippen LogP contribution in [0.15, 0.2) is 12.1 Å². The maximum atomic E-state index is 11.3. The number of amides is 1. The van der Waals surface area contributed by atoms with Gasteiger partial charge in [-0.3, -0.25) is 4.79 Å². The van der Waals surface area contributed by atoms with Crippen molar-refractivity contribution in [3.05, 3.63) is 17.0 Å². The van der Waals surface area contributed by atoms with Gasteiger partial charge in [0.1, 0.15) is 0 Å². The van der Waals surface area contributed by atoms with Crippen molar-refractivity contribution in [2.24, 2.45) is 5.73 Å². The van der Waals surface area contributed by atoms with Gasteiger partial charge < -0.3 is 16.4 Å². The van der Waals surface area contributed by atoms with Gasteiger partial charge in [0.05, 0.1) is 9.88 Å². The van der Waals surface area contributed by atoms with Crippen molar-refractivity contribution in [3.8, 4) is 0 Å². The normalized spacial score (nSPS) is 9.00. The number of carbonyl (C=O) groups excluding carboxylic acids is 1. The first kappa shape index (κ1) is 13.2. The summed E-state index contributed by atoms with van der Waals surface area (Å²) in [5, 5.41) is 6.66. The first-order valence-electron chi connectivity index (χ1n) is 4.03. The monoisotopic (exact) mass is 235 g/mol. The molecule has 1 heterocycles. The number of halogens is 1. The predicted octanol–water partition coefficient (Wildman–Crippen LogP) is 0.900. The third-order valence-electron chi connectivity index (χ3n) is 1.51. The summed E-state index contributed by atoms with van der Waals surface area (Å²) >= 11 is 1.43. The fourth-order valence-electron chi connectivity index (χ4n) is 0.867. The number of nitrogens with one attached hydrogen (secondary N) is 2. The summed E-state index contributed by atoms with van der Waals surface area (Å²) in [7, 11) is 1.83. The van der Waals surface area contributed by atoms with Gasteiger partial charge in [-0.05, 0) is 12.1 Å². The Bertz CT molecular complexity index is 290. The Labute approximate surface area is 93.3 Å². The summed E-state index contributed by atoms with van der Waals surface area (Å²) in [6.45, 7) is 0.988. The van der Waals surface area contributed by atoms with Crippen LogP contribution in [0.5, 0.6) is 0 Å². The van der Waals surface area contributed by atoms with Crippen LogP contribution in [0.2, 0.25) is 0 Å². The summed E-state index contributed by atoms with van der Waals surface area (Å²) in [5.74, 6) is -0.0584. The average molecular weight is 236 g/mol. The van der Waals surface area contributed by atoms with E-state index in [4.69, 9.17) is 5.73 Å². The summed E-state index contributed by atoms with van der Waals surface area (Å²) < 4.78 is 0. The molecule has 0 saturated heterocycles. The first-order chi connectivity index (χ1) is 6.27. The van der Waals surface area contributed by atoms with Gasteiger partial charge in [0.25, 0.3) is 5.91 Å². The zero-order valence-electron chi connectivity index (χ0n) is 7.87. The van der Waals surface area contributed by atoms with Gasteiger partial charge in [0.15, 0.2) is 0 Å². The fourth-order valence-corrected chi connectivity index (χ4v) is 1.64. The molecule has 0 aromatic carbocycles. The average Bonchev–Trinajstić information content (AvgIpc) is 2.62. The van der Waals surface area contributed by atoms with Crippen LogP contribution in [0, 0.1) is 0 Å². The van der Waals surface area contributed by atoms with Crippen LogP contribution in [0.4, 0.5) is 5.00 Å². The Hall–Kier alpha value is -0.780. The van der Waals surface area contributed by atoms with Crippen LogP contribution >= 0.6 is 23.7 Å². The van der Waals surface area contributed by atoms with Crippen LogP contribution in [0.25, 0.3) is 0 Å². The van der Waals surface area contributed by atoms with E-state index in [2.05, 4.69) is 10.6 Å². The molecule has 0 radical (unpaired) electrons. The lowest BCUT2D eigenvalue weighted by Crippen LogP contribution is -2.28. The number of nitrogens with two attached hydrogens (primary N) is 1. The lowest BCUT2D eigenvalue weighted by Gasteiger charge is -1.99. The number of hydrogen-bond acceptors (Lipinski definition) is 4. The van der Waals surface area contributed by atoms with E-state index in [-0.39, 0.29) is 18.3 Å². The molecule has 1 amide bonds. The second-order valence-corrected chi connectivity index (χ2v) is 3.54. The summed E-state index contributed by atoms with van der Waals surface area (Å²) in [4.78, 5) is 12.1. The quantitative estimate of drug-likeness (QED) is 0.727.